The van der Waals surface area contributed by atoms with Gasteiger partial charge in [-0.05, 0) is 0 Å². The molecular weight excluding hydrogens is 408 g/mol. The van der Waals surface area contributed by atoms with E-state index in [4.69, 9.17) is 9.68 Å². The van der Waals surface area contributed by atoms with Gasteiger partial charge in [0.15, 0.2) is 0 Å². The Kier molecular flexibility index (Phi) is 16.5. The minimum atomic E-state index is -2.34. The van der Waals surface area contributed by atoms with Gasteiger partial charge in [0.05, 0.1) is 0 Å². The van der Waals surface area contributed by atoms with Gasteiger partial charge in [0.25, 0.3) is 0 Å². The fourth-order valence-electron chi connectivity index (χ4n) is 3.38. The van der Waals surface area contributed by atoms with Gasteiger partial charge in [0.1, 0.15) is 0 Å². The third-order valence-corrected chi connectivity index (χ3v) is 20.5. The summed E-state index contributed by atoms with van der Waals surface area (Å²) in [4.78, 5) is 0. The van der Waals surface area contributed by atoms with E-state index in [-0.39, 0.29) is 0 Å². The number of hydrogen-bond donors (Lipinski definition) is 0. The van der Waals surface area contributed by atoms with Crippen LogP contribution in [0, 0.1) is 11.3 Å². The summed E-state index contributed by atoms with van der Waals surface area (Å²) in [6.07, 6.45) is 12.5. The number of nitriles is 1. The van der Waals surface area contributed by atoms with Crippen LogP contribution in [0.2, 0.25) is 18.4 Å². The molecule has 1 rings (SSSR count). The Balaban J connectivity index is 0.00000101. The van der Waals surface area contributed by atoms with Crippen LogP contribution in [0.3, 0.4) is 0 Å². The van der Waals surface area contributed by atoms with Crippen molar-refractivity contribution in [3.8, 4) is 6.07 Å². The van der Waals surface area contributed by atoms with Gasteiger partial charge in [-0.1, -0.05) is 0 Å². The molecule has 0 unspecified atom stereocenters. The Labute approximate surface area is 170 Å². The second-order valence-corrected chi connectivity index (χ2v) is 20.5. The van der Waals surface area contributed by atoms with E-state index in [0.717, 1.165) is 0 Å². The molecule has 0 N–H and O–H groups in total. The first-order chi connectivity index (χ1) is 12.1. The third-order valence-electron chi connectivity index (χ3n) is 5.06. The molecule has 0 saturated heterocycles. The number of rotatable bonds is 12. The topological polar surface area (TPSA) is 36.9 Å². The fraction of sp³-hybridized carbons (Fsp3) is 0.762. The van der Waals surface area contributed by atoms with Crippen molar-refractivity contribution in [2.75, 3.05) is 0 Å². The van der Waals surface area contributed by atoms with Crippen LogP contribution in [-0.2, 0) is 0 Å². The average molecular weight is 446 g/mol. The average Bonchev–Trinajstić information content (AvgIpc) is 3.12. The van der Waals surface area contributed by atoms with Crippen molar-refractivity contribution in [1.82, 2.24) is 0 Å². The van der Waals surface area contributed by atoms with Crippen LogP contribution in [0.4, 0.5) is 0 Å². The monoisotopic (exact) mass is 447 g/mol. The first-order valence-corrected chi connectivity index (χ1v) is 18.1. The zero-order valence-corrected chi connectivity index (χ0v) is 20.3. The molecule has 0 bridgehead atoms. The maximum atomic E-state index is 9.02. The zero-order valence-electron chi connectivity index (χ0n) is 17.5. The zero-order chi connectivity index (χ0) is 19.0. The number of furan rings is 1. The van der Waals surface area contributed by atoms with Crippen LogP contribution in [-0.4, -0.2) is 36.1 Å². The molecule has 1 aromatic heterocycles. The molecule has 0 fully saturated rings. The molecule has 0 aliphatic rings. The van der Waals surface area contributed by atoms with E-state index in [9.17, 15) is 0 Å². The number of hydrogen-bond acceptors (Lipinski definition) is 2. The van der Waals surface area contributed by atoms with E-state index in [1.165, 1.54) is 73.4 Å². The van der Waals surface area contributed by atoms with Gasteiger partial charge in [-0.2, -0.15) is 0 Å². The van der Waals surface area contributed by atoms with Gasteiger partial charge in [-0.3, -0.25) is 0 Å². The van der Waals surface area contributed by atoms with Crippen molar-refractivity contribution in [3.05, 3.63) is 18.1 Å². The van der Waals surface area contributed by atoms with E-state index < -0.39 is 18.4 Å². The first-order valence-electron chi connectivity index (χ1n) is 10.6. The molecule has 0 aliphatic heterocycles. The number of unbranched alkanes of at least 4 members (excludes halogenated alkanes) is 4. The molecule has 1 aromatic rings. The van der Waals surface area contributed by atoms with Crippen LogP contribution in [0.1, 0.15) is 84.8 Å². The molecule has 0 radical (unpaired) electrons. The Bertz CT molecular complexity index is 443. The molecule has 0 saturated carbocycles. The Morgan fingerprint density at radius 2 is 1.40 bits per heavy atom. The van der Waals surface area contributed by atoms with E-state index in [1.54, 1.807) is 0 Å². The quantitative estimate of drug-likeness (QED) is 0.340. The molecule has 2 nitrogen and oxygen atoms in total. The van der Waals surface area contributed by atoms with Gasteiger partial charge in [-0.15, -0.1) is 0 Å². The Morgan fingerprint density at radius 3 is 1.68 bits per heavy atom. The molecule has 1 heterocycles. The number of nitrogens with zero attached hydrogens (tertiary/aromatic N) is 1. The Morgan fingerprint density at radius 1 is 0.920 bits per heavy atom. The van der Waals surface area contributed by atoms with E-state index >= 15 is 0 Å². The summed E-state index contributed by atoms with van der Waals surface area (Å²) >= 11 is -0.132. The summed E-state index contributed by atoms with van der Waals surface area (Å²) < 4.78 is 11.2. The van der Waals surface area contributed by atoms with Crippen LogP contribution in [0.15, 0.2) is 16.7 Å². The van der Waals surface area contributed by atoms with Gasteiger partial charge < -0.3 is 0 Å². The van der Waals surface area contributed by atoms with Crippen molar-refractivity contribution < 1.29 is 4.42 Å². The second-order valence-electron chi connectivity index (χ2n) is 7.26. The Hall–Kier alpha value is 0.166. The molecule has 25 heavy (non-hydrogen) atoms. The standard InChI is InChI=1S/C5H2NO.4C4H9.Li.Sn/c6-4-5-2-1-3-7-5;4*1-3-4-2;;/h2-3H;4*1,3-4H2,2H3;;. The van der Waals surface area contributed by atoms with Gasteiger partial charge in [0.2, 0.25) is 0 Å². The molecule has 0 amide bonds. The van der Waals surface area contributed by atoms with Crippen LogP contribution in [0.5, 0.6) is 0 Å². The molecule has 0 aliphatic carbocycles. The van der Waals surface area contributed by atoms with E-state index in [0.29, 0.717) is 5.76 Å². The van der Waals surface area contributed by atoms with Gasteiger partial charge >= 0.3 is 171 Å². The predicted molar refractivity (Wildman–Crippen MR) is 113 cm³/mol. The van der Waals surface area contributed by atoms with Crippen LogP contribution < -0.4 is 3.58 Å². The van der Waals surface area contributed by atoms with Gasteiger partial charge in [-0.25, -0.2) is 0 Å². The summed E-state index contributed by atoms with van der Waals surface area (Å²) in [5.74, 6) is 0.505. The summed E-state index contributed by atoms with van der Waals surface area (Å²) in [7, 11) is 0. The van der Waals surface area contributed by atoms with Crippen molar-refractivity contribution in [3.63, 3.8) is 0 Å². The summed E-state index contributed by atoms with van der Waals surface area (Å²) in [5, 5.41) is 10.4. The van der Waals surface area contributed by atoms with Crippen molar-refractivity contribution in [2.45, 2.75) is 97.5 Å². The summed E-state index contributed by atoms with van der Waals surface area (Å²) in [6.45, 7) is 9.06. The minimum absolute atomic E-state index is 0.505. The molecule has 0 aromatic carbocycles. The molecule has 4 heteroatoms. The second kappa shape index (κ2) is 16.3. The molecule has 138 valence electrons. The van der Waals surface area contributed by atoms with Gasteiger partial charge in [0, 0.05) is 0 Å². The summed E-state index contributed by atoms with van der Waals surface area (Å²) in [5.41, 5.74) is 0. The fourth-order valence-corrected chi connectivity index (χ4v) is 18.9. The normalized spacial score (nSPS) is 10.9. The van der Waals surface area contributed by atoms with Crippen molar-refractivity contribution in [1.29, 1.82) is 5.26 Å². The van der Waals surface area contributed by atoms with Crippen LogP contribution in [0.25, 0.3) is 0 Å². The molecule has 0 spiro atoms. The third kappa shape index (κ3) is 10.2. The van der Waals surface area contributed by atoms with E-state index in [2.05, 4.69) is 57.5 Å². The SMILES string of the molecule is CCC[CH2][Sn]([CH2]CCC)([CH2]CCC)[c]1coc(C#N)c1.[Li][CH2]CCC. The van der Waals surface area contributed by atoms with Crippen molar-refractivity contribution >= 4 is 39.7 Å². The summed E-state index contributed by atoms with van der Waals surface area (Å²) in [6, 6.07) is 4.22. The molecule has 0 atom stereocenters. The van der Waals surface area contributed by atoms with E-state index in [1.807, 2.05) is 6.26 Å². The first kappa shape index (κ1) is 25.2. The molecular formula is C21H38LiNOSn. The predicted octanol–water partition coefficient (Wildman–Crippen LogP) is 6.58. The van der Waals surface area contributed by atoms with Crippen molar-refractivity contribution in [2.24, 2.45) is 0 Å². The van der Waals surface area contributed by atoms with Crippen LogP contribution >= 0.6 is 0 Å². The maximum absolute atomic E-state index is 9.02.